The van der Waals surface area contributed by atoms with E-state index in [1.807, 2.05) is 0 Å². The average Bonchev–Trinajstić information content (AvgIpc) is 2.80. The van der Waals surface area contributed by atoms with Crippen LogP contribution in [0.3, 0.4) is 0 Å². The molecule has 0 bridgehead atoms. The highest BCUT2D eigenvalue weighted by atomic mass is 35.5. The van der Waals surface area contributed by atoms with Crippen LogP contribution < -0.4 is 15.0 Å². The fourth-order valence-corrected chi connectivity index (χ4v) is 3.26. The Labute approximate surface area is 159 Å². The van der Waals surface area contributed by atoms with Crippen molar-refractivity contribution in [2.75, 3.05) is 23.4 Å². The number of carbonyl (C=O) groups is 3. The molecule has 0 spiro atoms. The second-order valence-electron chi connectivity index (χ2n) is 5.59. The first-order valence-electron chi connectivity index (χ1n) is 7.73. The molecule has 26 heavy (non-hydrogen) atoms. The number of hydrogen-bond donors (Lipinski definition) is 1. The van der Waals surface area contributed by atoms with Gasteiger partial charge in [0, 0.05) is 11.9 Å². The zero-order valence-electron chi connectivity index (χ0n) is 13.7. The highest BCUT2D eigenvalue weighted by Gasteiger charge is 2.37. The van der Waals surface area contributed by atoms with Crippen molar-refractivity contribution in [3.8, 4) is 5.75 Å². The van der Waals surface area contributed by atoms with Crippen LogP contribution in [0.25, 0.3) is 0 Å². The minimum atomic E-state index is -0.678. The Morgan fingerprint density at radius 3 is 2.65 bits per heavy atom. The number of benzene rings is 2. The summed E-state index contributed by atoms with van der Waals surface area (Å²) in [6, 6.07) is 9.88. The molecule has 0 saturated heterocycles. The summed E-state index contributed by atoms with van der Waals surface area (Å²) < 4.78 is 5.67. The number of ketones is 1. The molecule has 2 amide bonds. The van der Waals surface area contributed by atoms with E-state index in [2.05, 4.69) is 5.32 Å². The molecule has 2 aromatic rings. The molecule has 0 saturated carbocycles. The molecule has 0 aliphatic carbocycles. The maximum Gasteiger partial charge on any atom is 0.299 e. The molecule has 0 unspecified atom stereocenters. The van der Waals surface area contributed by atoms with Gasteiger partial charge in [-0.1, -0.05) is 35.3 Å². The van der Waals surface area contributed by atoms with Crippen molar-refractivity contribution in [3.05, 3.63) is 52.0 Å². The summed E-state index contributed by atoms with van der Waals surface area (Å²) in [6.45, 7) is 1.64. The third-order valence-electron chi connectivity index (χ3n) is 3.76. The average molecular weight is 393 g/mol. The van der Waals surface area contributed by atoms with Gasteiger partial charge in [-0.05, 0) is 24.3 Å². The van der Waals surface area contributed by atoms with E-state index < -0.39 is 11.7 Å². The summed E-state index contributed by atoms with van der Waals surface area (Å²) in [5.74, 6) is -1.10. The van der Waals surface area contributed by atoms with Gasteiger partial charge in [0.25, 0.3) is 11.7 Å². The molecule has 2 aromatic carbocycles. The molecule has 0 aromatic heterocycles. The number of nitrogens with zero attached hydrogens (tertiary/aromatic N) is 1. The number of anilines is 2. The van der Waals surface area contributed by atoms with Crippen LogP contribution in [0.1, 0.15) is 17.3 Å². The van der Waals surface area contributed by atoms with Gasteiger partial charge in [0.15, 0.2) is 0 Å². The summed E-state index contributed by atoms with van der Waals surface area (Å²) in [5, 5.41) is 3.14. The van der Waals surface area contributed by atoms with E-state index in [-0.39, 0.29) is 29.6 Å². The number of rotatable bonds is 5. The van der Waals surface area contributed by atoms with Gasteiger partial charge in [-0.2, -0.15) is 0 Å². The van der Waals surface area contributed by atoms with E-state index in [9.17, 15) is 14.4 Å². The molecule has 0 fully saturated rings. The van der Waals surface area contributed by atoms with E-state index in [4.69, 9.17) is 27.9 Å². The molecular formula is C18H14Cl2N2O4. The molecule has 1 aliphatic rings. The van der Waals surface area contributed by atoms with E-state index in [1.165, 1.54) is 24.0 Å². The number of halogens is 2. The summed E-state index contributed by atoms with van der Waals surface area (Å²) in [5.41, 5.74) is 1.05. The van der Waals surface area contributed by atoms with Crippen LogP contribution in [0.5, 0.6) is 5.75 Å². The lowest BCUT2D eigenvalue weighted by atomic mass is 10.1. The van der Waals surface area contributed by atoms with Gasteiger partial charge < -0.3 is 15.0 Å². The quantitative estimate of drug-likeness (QED) is 0.789. The molecule has 0 atom stereocenters. The first-order chi connectivity index (χ1) is 12.4. The van der Waals surface area contributed by atoms with Gasteiger partial charge in [0.2, 0.25) is 5.91 Å². The Bertz CT molecular complexity index is 914. The number of carbonyl (C=O) groups excluding carboxylic acids is 3. The minimum absolute atomic E-state index is 0.110. The Balaban J connectivity index is 1.75. The minimum Gasteiger partial charge on any atom is -0.490 e. The zero-order chi connectivity index (χ0) is 18.8. The smallest absolute Gasteiger partial charge is 0.299 e. The molecule has 8 heteroatoms. The number of fused-ring (bicyclic) bond motifs is 1. The lowest BCUT2D eigenvalue weighted by Crippen LogP contribution is -2.33. The van der Waals surface area contributed by atoms with Crippen molar-refractivity contribution in [1.82, 2.24) is 0 Å². The second kappa shape index (κ2) is 7.35. The fourth-order valence-electron chi connectivity index (χ4n) is 2.69. The Hall–Kier alpha value is -2.57. The van der Waals surface area contributed by atoms with Crippen LogP contribution >= 0.6 is 23.2 Å². The SMILES string of the molecule is CC(=O)Nc1ccccc1OCCN1C(=O)C(=O)c2c(Cl)cc(Cl)cc21. The number of hydrogen-bond acceptors (Lipinski definition) is 4. The Kier molecular flexibility index (Phi) is 5.15. The number of Topliss-reactive ketones (excluding diaryl/α,β-unsaturated/α-hetero) is 1. The van der Waals surface area contributed by atoms with Crippen LogP contribution in [-0.4, -0.2) is 30.7 Å². The van der Waals surface area contributed by atoms with Crippen molar-refractivity contribution < 1.29 is 19.1 Å². The monoisotopic (exact) mass is 392 g/mol. The molecule has 6 nitrogen and oxygen atoms in total. The van der Waals surface area contributed by atoms with Gasteiger partial charge in [-0.25, -0.2) is 0 Å². The highest BCUT2D eigenvalue weighted by molar-refractivity contribution is 6.55. The van der Waals surface area contributed by atoms with Crippen LogP contribution in [0, 0.1) is 0 Å². The maximum absolute atomic E-state index is 12.2. The molecule has 3 rings (SSSR count). The maximum atomic E-state index is 12.2. The number of amides is 2. The van der Waals surface area contributed by atoms with Crippen LogP contribution in [0.4, 0.5) is 11.4 Å². The van der Waals surface area contributed by atoms with E-state index in [0.717, 1.165) is 0 Å². The van der Waals surface area contributed by atoms with Crippen molar-refractivity contribution in [1.29, 1.82) is 0 Å². The van der Waals surface area contributed by atoms with Crippen molar-refractivity contribution >= 4 is 52.2 Å². The first kappa shape index (κ1) is 18.2. The molecule has 1 N–H and O–H groups in total. The van der Waals surface area contributed by atoms with E-state index in [0.29, 0.717) is 22.1 Å². The molecule has 134 valence electrons. The van der Waals surface area contributed by atoms with Gasteiger partial charge in [0.05, 0.1) is 28.5 Å². The van der Waals surface area contributed by atoms with E-state index >= 15 is 0 Å². The molecular weight excluding hydrogens is 379 g/mol. The van der Waals surface area contributed by atoms with Gasteiger partial charge in [-0.3, -0.25) is 14.4 Å². The zero-order valence-corrected chi connectivity index (χ0v) is 15.2. The van der Waals surface area contributed by atoms with Gasteiger partial charge >= 0.3 is 0 Å². The number of nitrogens with one attached hydrogen (secondary N) is 1. The Morgan fingerprint density at radius 1 is 1.19 bits per heavy atom. The van der Waals surface area contributed by atoms with Crippen molar-refractivity contribution in [3.63, 3.8) is 0 Å². The molecule has 0 radical (unpaired) electrons. The summed E-state index contributed by atoms with van der Waals surface area (Å²) in [7, 11) is 0. The van der Waals surface area contributed by atoms with Gasteiger partial charge in [0.1, 0.15) is 12.4 Å². The Morgan fingerprint density at radius 2 is 1.92 bits per heavy atom. The van der Waals surface area contributed by atoms with Crippen LogP contribution in [0.15, 0.2) is 36.4 Å². The largest absolute Gasteiger partial charge is 0.490 e. The third kappa shape index (κ3) is 3.52. The summed E-state index contributed by atoms with van der Waals surface area (Å²) >= 11 is 12.0. The van der Waals surface area contributed by atoms with Gasteiger partial charge in [-0.15, -0.1) is 0 Å². The van der Waals surface area contributed by atoms with E-state index in [1.54, 1.807) is 24.3 Å². The van der Waals surface area contributed by atoms with Crippen molar-refractivity contribution in [2.45, 2.75) is 6.92 Å². The predicted molar refractivity (Wildman–Crippen MR) is 99.4 cm³/mol. The summed E-state index contributed by atoms with van der Waals surface area (Å²) in [4.78, 5) is 36.9. The fraction of sp³-hybridized carbons (Fsp3) is 0.167. The standard InChI is InChI=1S/C18H14Cl2N2O4/c1-10(23)21-13-4-2-3-5-15(13)26-7-6-22-14-9-11(19)8-12(20)16(14)17(24)18(22)25/h2-5,8-9H,6-7H2,1H3,(H,21,23). The summed E-state index contributed by atoms with van der Waals surface area (Å²) in [6.07, 6.45) is 0. The molecule has 1 aliphatic heterocycles. The lowest BCUT2D eigenvalue weighted by Gasteiger charge is -2.18. The van der Waals surface area contributed by atoms with Crippen LogP contribution in [0.2, 0.25) is 10.0 Å². The molecule has 1 heterocycles. The first-order valence-corrected chi connectivity index (χ1v) is 8.48. The third-order valence-corrected chi connectivity index (χ3v) is 4.28. The number of ether oxygens (including phenoxy) is 1. The van der Waals surface area contributed by atoms with Crippen molar-refractivity contribution in [2.24, 2.45) is 0 Å². The predicted octanol–water partition coefficient (Wildman–Crippen LogP) is 3.56. The second-order valence-corrected chi connectivity index (χ2v) is 6.44. The highest BCUT2D eigenvalue weighted by Crippen LogP contribution is 2.37. The topological polar surface area (TPSA) is 75.7 Å². The normalized spacial score (nSPS) is 13.0. The number of para-hydroxylation sites is 2. The lowest BCUT2D eigenvalue weighted by molar-refractivity contribution is -0.115. The van der Waals surface area contributed by atoms with Crippen LogP contribution in [-0.2, 0) is 9.59 Å².